The molecule has 1 N–H and O–H groups in total. The summed E-state index contributed by atoms with van der Waals surface area (Å²) < 4.78 is 28.4. The highest BCUT2D eigenvalue weighted by molar-refractivity contribution is 5.27. The molecule has 0 aromatic heterocycles. The van der Waals surface area contributed by atoms with Crippen molar-refractivity contribution in [3.05, 3.63) is 29.8 Å². The summed E-state index contributed by atoms with van der Waals surface area (Å²) in [6.07, 6.45) is 2.43. The summed E-state index contributed by atoms with van der Waals surface area (Å²) in [5, 5.41) is 3.53. The molecule has 1 aromatic rings. The van der Waals surface area contributed by atoms with Gasteiger partial charge in [-0.25, -0.2) is 0 Å². The average molecular weight is 284 g/mol. The number of nitrogens with one attached hydrogen (secondary N) is 1. The number of piperidine rings is 1. The van der Waals surface area contributed by atoms with E-state index in [1.807, 2.05) is 12.1 Å². The van der Waals surface area contributed by atoms with Gasteiger partial charge in [0.1, 0.15) is 5.75 Å². The van der Waals surface area contributed by atoms with Gasteiger partial charge in [0.15, 0.2) is 0 Å². The summed E-state index contributed by atoms with van der Waals surface area (Å²) >= 11 is 0. The zero-order chi connectivity index (χ0) is 14.4. The molecule has 0 aliphatic carbocycles. The summed E-state index contributed by atoms with van der Waals surface area (Å²) in [6.45, 7) is 3.55. The number of alkyl halides is 2. The lowest BCUT2D eigenvalue weighted by atomic mass is 10.1. The molecule has 1 saturated heterocycles. The first-order valence-electron chi connectivity index (χ1n) is 7.17. The third kappa shape index (κ3) is 4.72. The molecule has 1 aromatic carbocycles. The lowest BCUT2D eigenvalue weighted by molar-refractivity contribution is -0.0498. The van der Waals surface area contributed by atoms with Crippen LogP contribution in [0.2, 0.25) is 0 Å². The summed E-state index contributed by atoms with van der Waals surface area (Å²) in [5.74, 6) is 0.207. The quantitative estimate of drug-likeness (QED) is 0.869. The van der Waals surface area contributed by atoms with Crippen LogP contribution >= 0.6 is 0 Å². The summed E-state index contributed by atoms with van der Waals surface area (Å²) in [4.78, 5) is 2.45. The Hall–Kier alpha value is -1.20. The van der Waals surface area contributed by atoms with Gasteiger partial charge < -0.3 is 15.0 Å². The molecule has 1 aliphatic rings. The number of nitrogens with zero attached hydrogens (tertiary/aromatic N) is 1. The Morgan fingerprint density at radius 2 is 2.10 bits per heavy atom. The van der Waals surface area contributed by atoms with Gasteiger partial charge in [-0.3, -0.25) is 0 Å². The van der Waals surface area contributed by atoms with Crippen LogP contribution in [0, 0.1) is 0 Å². The van der Waals surface area contributed by atoms with E-state index in [0.717, 1.165) is 25.2 Å². The Labute approximate surface area is 118 Å². The second-order valence-corrected chi connectivity index (χ2v) is 5.14. The molecule has 2 rings (SSSR count). The lowest BCUT2D eigenvalue weighted by Gasteiger charge is -2.32. The highest BCUT2D eigenvalue weighted by atomic mass is 19.3. The summed E-state index contributed by atoms with van der Waals surface area (Å²) in [5.41, 5.74) is 1.08. The third-order valence-electron chi connectivity index (χ3n) is 3.70. The summed E-state index contributed by atoms with van der Waals surface area (Å²) in [6, 6.07) is 7.34. The maximum Gasteiger partial charge on any atom is 0.387 e. The van der Waals surface area contributed by atoms with Gasteiger partial charge in [0.2, 0.25) is 0 Å². The predicted molar refractivity (Wildman–Crippen MR) is 75.0 cm³/mol. The van der Waals surface area contributed by atoms with Gasteiger partial charge >= 0.3 is 6.61 Å². The third-order valence-corrected chi connectivity index (χ3v) is 3.70. The second-order valence-electron chi connectivity index (χ2n) is 5.14. The first-order chi connectivity index (χ1) is 9.67. The number of halogens is 2. The molecule has 0 spiro atoms. The second kappa shape index (κ2) is 7.55. The monoisotopic (exact) mass is 284 g/mol. The molecule has 1 fully saturated rings. The van der Waals surface area contributed by atoms with E-state index in [0.29, 0.717) is 6.04 Å². The minimum atomic E-state index is -2.76. The van der Waals surface area contributed by atoms with Gasteiger partial charge in [0, 0.05) is 19.1 Å². The first-order valence-corrected chi connectivity index (χ1v) is 7.17. The molecular formula is C15H22F2N2O. The van der Waals surface area contributed by atoms with Gasteiger partial charge in [-0.15, -0.1) is 0 Å². The van der Waals surface area contributed by atoms with Crippen molar-refractivity contribution in [2.45, 2.75) is 39.0 Å². The summed E-state index contributed by atoms with van der Waals surface area (Å²) in [7, 11) is 0. The minimum Gasteiger partial charge on any atom is -0.435 e. The van der Waals surface area contributed by atoms with Gasteiger partial charge in [0.25, 0.3) is 0 Å². The van der Waals surface area contributed by atoms with Gasteiger partial charge in [0.05, 0.1) is 0 Å². The molecule has 1 heterocycles. The maximum absolute atomic E-state index is 12.0. The Morgan fingerprint density at radius 1 is 1.35 bits per heavy atom. The van der Waals surface area contributed by atoms with Crippen molar-refractivity contribution >= 4 is 0 Å². The largest absolute Gasteiger partial charge is 0.435 e. The van der Waals surface area contributed by atoms with Crippen LogP contribution < -0.4 is 10.1 Å². The molecule has 1 atom stereocenters. The Balaban J connectivity index is 1.78. The van der Waals surface area contributed by atoms with Gasteiger partial charge in [-0.1, -0.05) is 19.1 Å². The van der Waals surface area contributed by atoms with Crippen molar-refractivity contribution in [1.82, 2.24) is 10.2 Å². The fraction of sp³-hybridized carbons (Fsp3) is 0.600. The molecular weight excluding hydrogens is 262 g/mol. The number of likely N-dealkylation sites (tertiary alicyclic amines) is 1. The average Bonchev–Trinajstić information content (AvgIpc) is 2.46. The number of ether oxygens (including phenoxy) is 1. The van der Waals surface area contributed by atoms with E-state index >= 15 is 0 Å². The predicted octanol–water partition coefficient (Wildman–Crippen LogP) is 2.86. The fourth-order valence-corrected chi connectivity index (χ4v) is 2.56. The van der Waals surface area contributed by atoms with Crippen LogP contribution in [-0.2, 0) is 6.54 Å². The van der Waals surface area contributed by atoms with Crippen molar-refractivity contribution in [3.63, 3.8) is 0 Å². The molecule has 0 radical (unpaired) electrons. The van der Waals surface area contributed by atoms with Gasteiger partial charge in [-0.2, -0.15) is 8.78 Å². The molecule has 0 saturated carbocycles. The minimum absolute atomic E-state index is 0.207. The molecule has 1 unspecified atom stereocenters. The Morgan fingerprint density at radius 3 is 2.75 bits per heavy atom. The van der Waals surface area contributed by atoms with E-state index < -0.39 is 6.61 Å². The molecule has 0 bridgehead atoms. The normalized spacial score (nSPS) is 20.3. The van der Waals surface area contributed by atoms with Crippen molar-refractivity contribution in [1.29, 1.82) is 0 Å². The van der Waals surface area contributed by atoms with Crippen LogP contribution in [0.3, 0.4) is 0 Å². The molecule has 112 valence electrons. The van der Waals surface area contributed by atoms with E-state index in [1.54, 1.807) is 12.1 Å². The molecule has 5 heteroatoms. The molecule has 20 heavy (non-hydrogen) atoms. The van der Waals surface area contributed by atoms with Crippen LogP contribution in [0.25, 0.3) is 0 Å². The Bertz CT molecular complexity index is 397. The van der Waals surface area contributed by atoms with Crippen molar-refractivity contribution < 1.29 is 13.5 Å². The first kappa shape index (κ1) is 15.2. The zero-order valence-corrected chi connectivity index (χ0v) is 11.8. The fourth-order valence-electron chi connectivity index (χ4n) is 2.56. The maximum atomic E-state index is 12.0. The van der Waals surface area contributed by atoms with E-state index in [-0.39, 0.29) is 5.75 Å². The van der Waals surface area contributed by atoms with Crippen molar-refractivity contribution in [2.75, 3.05) is 19.6 Å². The van der Waals surface area contributed by atoms with Crippen molar-refractivity contribution in [3.8, 4) is 5.75 Å². The standard InChI is InChI=1S/C15H22F2N2O/c1-2-19-9-3-4-13(11-19)18-10-12-5-7-14(8-6-12)20-15(16)17/h5-8,13,15,18H,2-4,9-11H2,1H3. The zero-order valence-electron chi connectivity index (χ0n) is 11.8. The van der Waals surface area contributed by atoms with Crippen LogP contribution in [0.1, 0.15) is 25.3 Å². The highest BCUT2D eigenvalue weighted by Crippen LogP contribution is 2.15. The van der Waals surface area contributed by atoms with Crippen LogP contribution in [0.4, 0.5) is 8.78 Å². The topological polar surface area (TPSA) is 24.5 Å². The van der Waals surface area contributed by atoms with Crippen LogP contribution in [0.15, 0.2) is 24.3 Å². The van der Waals surface area contributed by atoms with Crippen LogP contribution in [-0.4, -0.2) is 37.2 Å². The molecule has 3 nitrogen and oxygen atoms in total. The van der Waals surface area contributed by atoms with Crippen molar-refractivity contribution in [2.24, 2.45) is 0 Å². The van der Waals surface area contributed by atoms with E-state index in [4.69, 9.17) is 0 Å². The number of hydrogen-bond acceptors (Lipinski definition) is 3. The highest BCUT2D eigenvalue weighted by Gasteiger charge is 2.17. The molecule has 0 amide bonds. The van der Waals surface area contributed by atoms with E-state index in [2.05, 4.69) is 21.9 Å². The van der Waals surface area contributed by atoms with Crippen LogP contribution in [0.5, 0.6) is 5.75 Å². The van der Waals surface area contributed by atoms with E-state index in [9.17, 15) is 8.78 Å². The number of likely N-dealkylation sites (N-methyl/N-ethyl adjacent to an activating group) is 1. The smallest absolute Gasteiger partial charge is 0.387 e. The van der Waals surface area contributed by atoms with Gasteiger partial charge in [-0.05, 0) is 43.6 Å². The van der Waals surface area contributed by atoms with E-state index in [1.165, 1.54) is 19.4 Å². The Kier molecular flexibility index (Phi) is 5.73. The number of hydrogen-bond donors (Lipinski definition) is 1. The number of rotatable bonds is 6. The number of benzene rings is 1. The molecule has 1 aliphatic heterocycles. The lowest BCUT2D eigenvalue weighted by Crippen LogP contribution is -2.45. The SMILES string of the molecule is CCN1CCCC(NCc2ccc(OC(F)F)cc2)C1.